The molecule has 3 heterocycles. The Bertz CT molecular complexity index is 803. The average molecular weight is 397 g/mol. The highest BCUT2D eigenvalue weighted by Crippen LogP contribution is 2.20. The van der Waals surface area contributed by atoms with Gasteiger partial charge in [0.25, 0.3) is 5.91 Å². The number of nitrogens with one attached hydrogen (secondary N) is 2. The lowest BCUT2D eigenvalue weighted by Crippen LogP contribution is -2.30. The van der Waals surface area contributed by atoms with E-state index in [1.807, 2.05) is 11.6 Å². The fraction of sp³-hybridized carbons (Fsp3) is 0.591. The molecule has 2 N–H and O–H groups in total. The number of hydrogen-bond donors (Lipinski definition) is 2. The molecule has 1 aromatic heterocycles. The normalized spacial score (nSPS) is 18.7. The predicted octanol–water partition coefficient (Wildman–Crippen LogP) is 2.43. The Morgan fingerprint density at radius 1 is 1.10 bits per heavy atom. The number of hydrogen-bond acceptors (Lipinski definition) is 5. The van der Waals surface area contributed by atoms with Crippen molar-refractivity contribution in [3.63, 3.8) is 0 Å². The largest absolute Gasteiger partial charge is 0.347 e. The van der Waals surface area contributed by atoms with Crippen molar-refractivity contribution in [2.45, 2.75) is 58.2 Å². The summed E-state index contributed by atoms with van der Waals surface area (Å²) in [5, 5.41) is 14.8. The van der Waals surface area contributed by atoms with Crippen LogP contribution in [0.1, 0.15) is 65.5 Å². The van der Waals surface area contributed by atoms with Gasteiger partial charge >= 0.3 is 0 Å². The summed E-state index contributed by atoms with van der Waals surface area (Å²) in [7, 11) is 0. The van der Waals surface area contributed by atoms with Crippen molar-refractivity contribution in [2.75, 3.05) is 26.2 Å². The van der Waals surface area contributed by atoms with Gasteiger partial charge in [-0.15, -0.1) is 5.10 Å². The lowest BCUT2D eigenvalue weighted by Gasteiger charge is -2.26. The van der Waals surface area contributed by atoms with E-state index < -0.39 is 0 Å². The third-order valence-corrected chi connectivity index (χ3v) is 6.13. The van der Waals surface area contributed by atoms with Crippen LogP contribution < -0.4 is 10.6 Å². The summed E-state index contributed by atoms with van der Waals surface area (Å²) in [4.78, 5) is 15.1. The first-order chi connectivity index (χ1) is 14.2. The second-order valence-corrected chi connectivity index (χ2v) is 8.29. The molecule has 1 aromatic carbocycles. The molecular formula is C22H32N6O. The zero-order chi connectivity index (χ0) is 20.1. The predicted molar refractivity (Wildman–Crippen MR) is 113 cm³/mol. The Labute approximate surface area is 172 Å². The monoisotopic (exact) mass is 396 g/mol. The smallest absolute Gasteiger partial charge is 0.274 e. The van der Waals surface area contributed by atoms with E-state index in [0.29, 0.717) is 18.3 Å². The third kappa shape index (κ3) is 5.03. The molecule has 0 aliphatic carbocycles. The maximum absolute atomic E-state index is 12.6. The van der Waals surface area contributed by atoms with Crippen molar-refractivity contribution in [3.05, 3.63) is 46.8 Å². The first-order valence-electron chi connectivity index (χ1n) is 10.9. The van der Waals surface area contributed by atoms with Crippen LogP contribution in [-0.2, 0) is 13.1 Å². The van der Waals surface area contributed by atoms with Crippen molar-refractivity contribution in [1.29, 1.82) is 0 Å². The molecule has 7 nitrogen and oxygen atoms in total. The Kier molecular flexibility index (Phi) is 6.56. The summed E-state index contributed by atoms with van der Waals surface area (Å²) in [5.74, 6) is -0.153. The molecule has 2 saturated heterocycles. The fourth-order valence-corrected chi connectivity index (χ4v) is 4.35. The second kappa shape index (κ2) is 9.50. The number of likely N-dealkylation sites (tertiary alicyclic amines) is 1. The Hall–Kier alpha value is -2.25. The van der Waals surface area contributed by atoms with E-state index in [1.54, 1.807) is 0 Å². The second-order valence-electron chi connectivity index (χ2n) is 8.29. The van der Waals surface area contributed by atoms with Gasteiger partial charge in [0.15, 0.2) is 5.69 Å². The van der Waals surface area contributed by atoms with E-state index in [2.05, 4.69) is 50.1 Å². The molecule has 2 fully saturated rings. The minimum atomic E-state index is -0.153. The molecule has 1 amide bonds. The summed E-state index contributed by atoms with van der Waals surface area (Å²) in [6.45, 7) is 7.84. The summed E-state index contributed by atoms with van der Waals surface area (Å²) >= 11 is 0. The first-order valence-corrected chi connectivity index (χ1v) is 10.9. The van der Waals surface area contributed by atoms with Gasteiger partial charge in [0.2, 0.25) is 0 Å². The molecule has 4 rings (SSSR count). The van der Waals surface area contributed by atoms with Crippen molar-refractivity contribution in [2.24, 2.45) is 0 Å². The molecule has 0 saturated carbocycles. The number of benzene rings is 1. The highest BCUT2D eigenvalue weighted by molar-refractivity contribution is 5.93. The minimum Gasteiger partial charge on any atom is -0.347 e. The van der Waals surface area contributed by atoms with E-state index >= 15 is 0 Å². The average Bonchev–Trinajstić information content (AvgIpc) is 3.16. The van der Waals surface area contributed by atoms with Crippen LogP contribution >= 0.6 is 0 Å². The lowest BCUT2D eigenvalue weighted by molar-refractivity contribution is 0.0945. The SMILES string of the molecule is Cc1c(C(=O)NCc2ccc(CN3CCCCC3)cc2)nnn1C1CCNCC1. The number of aromatic nitrogens is 3. The molecule has 2 aliphatic rings. The van der Waals surface area contributed by atoms with Gasteiger partial charge in [0.1, 0.15) is 0 Å². The van der Waals surface area contributed by atoms with E-state index in [-0.39, 0.29) is 5.91 Å². The third-order valence-electron chi connectivity index (χ3n) is 6.13. The number of nitrogens with zero attached hydrogens (tertiary/aromatic N) is 4. The van der Waals surface area contributed by atoms with Crippen LogP contribution in [0.5, 0.6) is 0 Å². The number of carbonyl (C=O) groups excluding carboxylic acids is 1. The topological polar surface area (TPSA) is 75.1 Å². The molecule has 2 aromatic rings. The van der Waals surface area contributed by atoms with Crippen LogP contribution in [-0.4, -0.2) is 52.0 Å². The maximum Gasteiger partial charge on any atom is 0.274 e. The van der Waals surface area contributed by atoms with Crippen molar-refractivity contribution >= 4 is 5.91 Å². The molecular weight excluding hydrogens is 364 g/mol. The number of carbonyl (C=O) groups is 1. The Morgan fingerprint density at radius 2 is 1.79 bits per heavy atom. The molecule has 156 valence electrons. The van der Waals surface area contributed by atoms with Crippen LogP contribution in [0.3, 0.4) is 0 Å². The molecule has 7 heteroatoms. The number of piperidine rings is 2. The van der Waals surface area contributed by atoms with Gasteiger partial charge in [-0.2, -0.15) is 0 Å². The van der Waals surface area contributed by atoms with Gasteiger partial charge in [0.05, 0.1) is 11.7 Å². The molecule has 0 atom stereocenters. The Balaban J connectivity index is 1.30. The summed E-state index contributed by atoms with van der Waals surface area (Å²) in [6.07, 6.45) is 6.03. The van der Waals surface area contributed by atoms with Crippen LogP contribution in [0.25, 0.3) is 0 Å². The van der Waals surface area contributed by atoms with E-state index in [1.165, 1.54) is 37.9 Å². The van der Waals surface area contributed by atoms with E-state index in [4.69, 9.17) is 0 Å². The highest BCUT2D eigenvalue weighted by Gasteiger charge is 2.22. The van der Waals surface area contributed by atoms with E-state index in [0.717, 1.165) is 43.7 Å². The van der Waals surface area contributed by atoms with Gasteiger partial charge < -0.3 is 10.6 Å². The molecule has 2 aliphatic heterocycles. The summed E-state index contributed by atoms with van der Waals surface area (Å²) in [6, 6.07) is 8.90. The quantitative estimate of drug-likeness (QED) is 0.784. The number of rotatable bonds is 6. The zero-order valence-corrected chi connectivity index (χ0v) is 17.4. The van der Waals surface area contributed by atoms with Gasteiger partial charge in [-0.05, 0) is 69.9 Å². The summed E-state index contributed by atoms with van der Waals surface area (Å²) in [5.41, 5.74) is 3.73. The van der Waals surface area contributed by atoms with Gasteiger partial charge in [0, 0.05) is 13.1 Å². The summed E-state index contributed by atoms with van der Waals surface area (Å²) < 4.78 is 1.92. The van der Waals surface area contributed by atoms with Crippen molar-refractivity contribution in [1.82, 2.24) is 30.5 Å². The highest BCUT2D eigenvalue weighted by atomic mass is 16.2. The fourth-order valence-electron chi connectivity index (χ4n) is 4.35. The molecule has 0 radical (unpaired) electrons. The van der Waals surface area contributed by atoms with Crippen molar-refractivity contribution < 1.29 is 4.79 Å². The van der Waals surface area contributed by atoms with Crippen LogP contribution in [0.15, 0.2) is 24.3 Å². The van der Waals surface area contributed by atoms with Crippen LogP contribution in [0, 0.1) is 6.92 Å². The van der Waals surface area contributed by atoms with Gasteiger partial charge in [-0.3, -0.25) is 9.69 Å². The van der Waals surface area contributed by atoms with Crippen LogP contribution in [0.2, 0.25) is 0 Å². The molecule has 0 unspecified atom stereocenters. The standard InChI is InChI=1S/C22H32N6O/c1-17-21(25-26-28(17)20-9-11-23-12-10-20)22(29)24-15-18-5-7-19(8-6-18)16-27-13-3-2-4-14-27/h5-8,20,23H,2-4,9-16H2,1H3,(H,24,29). The first kappa shape index (κ1) is 20.0. The number of amides is 1. The van der Waals surface area contributed by atoms with Gasteiger partial charge in [-0.1, -0.05) is 35.9 Å². The van der Waals surface area contributed by atoms with Crippen LogP contribution in [0.4, 0.5) is 0 Å². The molecule has 0 bridgehead atoms. The minimum absolute atomic E-state index is 0.153. The molecule has 0 spiro atoms. The zero-order valence-electron chi connectivity index (χ0n) is 17.4. The molecule has 29 heavy (non-hydrogen) atoms. The Morgan fingerprint density at radius 3 is 2.52 bits per heavy atom. The van der Waals surface area contributed by atoms with Crippen molar-refractivity contribution in [3.8, 4) is 0 Å². The van der Waals surface area contributed by atoms with E-state index in [9.17, 15) is 4.79 Å². The van der Waals surface area contributed by atoms with Gasteiger partial charge in [-0.25, -0.2) is 4.68 Å². The maximum atomic E-state index is 12.6. The lowest BCUT2D eigenvalue weighted by atomic mass is 10.1.